The summed E-state index contributed by atoms with van der Waals surface area (Å²) in [6.07, 6.45) is 2.61. The molecular formula is C12H15Cl3S. The van der Waals surface area contributed by atoms with Gasteiger partial charge in [0.25, 0.3) is 0 Å². The zero-order chi connectivity index (χ0) is 12.3. The molecule has 0 amide bonds. The fraction of sp³-hybridized carbons (Fsp3) is 0.500. The molecule has 90 valence electrons. The van der Waals surface area contributed by atoms with Gasteiger partial charge in [0.15, 0.2) is 3.79 Å². The van der Waals surface area contributed by atoms with Crippen molar-refractivity contribution >= 4 is 46.6 Å². The molecule has 1 unspecified atom stereocenters. The van der Waals surface area contributed by atoms with Gasteiger partial charge in [0.2, 0.25) is 0 Å². The van der Waals surface area contributed by atoms with Crippen LogP contribution in [0.15, 0.2) is 23.1 Å². The fourth-order valence-electron chi connectivity index (χ4n) is 1.84. The maximum absolute atomic E-state index is 5.83. The van der Waals surface area contributed by atoms with Gasteiger partial charge in [-0.15, -0.1) is 11.8 Å². The number of benzene rings is 1. The predicted octanol–water partition coefficient (Wildman–Crippen LogP) is 5.58. The van der Waals surface area contributed by atoms with Crippen molar-refractivity contribution in [1.29, 1.82) is 0 Å². The molecule has 0 N–H and O–H groups in total. The Morgan fingerprint density at radius 3 is 2.44 bits per heavy atom. The van der Waals surface area contributed by atoms with Crippen molar-refractivity contribution in [3.05, 3.63) is 29.3 Å². The summed E-state index contributed by atoms with van der Waals surface area (Å²) in [5.41, 5.74) is 2.55. The molecule has 0 aliphatic carbocycles. The molecule has 1 aromatic carbocycles. The Balaban J connectivity index is 2.95. The molecule has 0 saturated carbocycles. The van der Waals surface area contributed by atoms with Crippen LogP contribution in [0, 0.1) is 6.92 Å². The molecule has 0 aromatic heterocycles. The maximum atomic E-state index is 5.83. The van der Waals surface area contributed by atoms with Gasteiger partial charge in [0.05, 0.1) is 0 Å². The number of rotatable bonds is 3. The lowest BCUT2D eigenvalue weighted by Gasteiger charge is -2.20. The first-order chi connectivity index (χ1) is 7.35. The largest absolute Gasteiger partial charge is 0.191 e. The van der Waals surface area contributed by atoms with Gasteiger partial charge in [-0.1, -0.05) is 53.9 Å². The first-order valence-corrected chi connectivity index (χ1v) is 7.41. The molecule has 0 spiro atoms. The minimum Gasteiger partial charge on any atom is -0.129 e. The summed E-state index contributed by atoms with van der Waals surface area (Å²) in [6.45, 7) is 4.21. The van der Waals surface area contributed by atoms with E-state index in [4.69, 9.17) is 34.8 Å². The Labute approximate surface area is 117 Å². The SMILES string of the molecule is CSc1cccc(C(C)CC(Cl)(Cl)Cl)c1C. The highest BCUT2D eigenvalue weighted by molar-refractivity contribution is 7.98. The topological polar surface area (TPSA) is 0 Å². The molecule has 0 heterocycles. The minimum absolute atomic E-state index is 0.250. The van der Waals surface area contributed by atoms with Gasteiger partial charge in [0.1, 0.15) is 0 Å². The second-order valence-corrected chi connectivity index (χ2v) is 7.26. The lowest BCUT2D eigenvalue weighted by atomic mass is 9.94. The average Bonchev–Trinajstić information content (AvgIpc) is 2.15. The van der Waals surface area contributed by atoms with Crippen molar-refractivity contribution < 1.29 is 0 Å². The second-order valence-electron chi connectivity index (χ2n) is 3.89. The summed E-state index contributed by atoms with van der Waals surface area (Å²) in [4.78, 5) is 1.29. The zero-order valence-corrected chi connectivity index (χ0v) is 12.6. The Kier molecular flexibility index (Phi) is 5.31. The highest BCUT2D eigenvalue weighted by Crippen LogP contribution is 2.39. The number of hydrogen-bond acceptors (Lipinski definition) is 1. The van der Waals surface area contributed by atoms with Crippen molar-refractivity contribution in [3.63, 3.8) is 0 Å². The average molecular weight is 298 g/mol. The first kappa shape index (κ1) is 14.5. The van der Waals surface area contributed by atoms with Crippen molar-refractivity contribution in [2.75, 3.05) is 6.26 Å². The van der Waals surface area contributed by atoms with Crippen LogP contribution in [-0.4, -0.2) is 10.0 Å². The quantitative estimate of drug-likeness (QED) is 0.518. The molecule has 0 nitrogen and oxygen atoms in total. The van der Waals surface area contributed by atoms with Gasteiger partial charge in [-0.2, -0.15) is 0 Å². The van der Waals surface area contributed by atoms with E-state index in [0.717, 1.165) is 0 Å². The highest BCUT2D eigenvalue weighted by Gasteiger charge is 2.24. The Morgan fingerprint density at radius 1 is 1.31 bits per heavy atom. The van der Waals surface area contributed by atoms with Crippen LogP contribution in [0.2, 0.25) is 0 Å². The second kappa shape index (κ2) is 5.86. The van der Waals surface area contributed by atoms with Gasteiger partial charge in [-0.05, 0) is 36.3 Å². The monoisotopic (exact) mass is 296 g/mol. The van der Waals surface area contributed by atoms with Crippen molar-refractivity contribution in [2.24, 2.45) is 0 Å². The molecule has 0 bridgehead atoms. The summed E-state index contributed by atoms with van der Waals surface area (Å²) < 4.78 is -1.18. The van der Waals surface area contributed by atoms with Crippen LogP contribution >= 0.6 is 46.6 Å². The van der Waals surface area contributed by atoms with Crippen molar-refractivity contribution in [2.45, 2.75) is 34.9 Å². The van der Waals surface area contributed by atoms with Crippen LogP contribution in [0.4, 0.5) is 0 Å². The molecule has 1 rings (SSSR count). The van der Waals surface area contributed by atoms with Gasteiger partial charge >= 0.3 is 0 Å². The molecule has 4 heteroatoms. The van der Waals surface area contributed by atoms with E-state index in [-0.39, 0.29) is 5.92 Å². The van der Waals surface area contributed by atoms with E-state index in [1.807, 2.05) is 0 Å². The van der Waals surface area contributed by atoms with Crippen LogP contribution in [0.25, 0.3) is 0 Å². The first-order valence-electron chi connectivity index (χ1n) is 5.05. The minimum atomic E-state index is -1.18. The van der Waals surface area contributed by atoms with Gasteiger partial charge in [-0.3, -0.25) is 0 Å². The van der Waals surface area contributed by atoms with Crippen LogP contribution in [0.5, 0.6) is 0 Å². The molecule has 1 aromatic rings. The molecule has 1 atom stereocenters. The summed E-state index contributed by atoms with van der Waals surface area (Å²) in [6, 6.07) is 6.28. The standard InChI is InChI=1S/C12H15Cl3S/c1-8(7-12(13,14)15)10-5-4-6-11(16-3)9(10)2/h4-6,8H,7H2,1-3H3. The van der Waals surface area contributed by atoms with E-state index < -0.39 is 3.79 Å². The molecule has 16 heavy (non-hydrogen) atoms. The summed E-state index contributed by atoms with van der Waals surface area (Å²) >= 11 is 19.2. The third-order valence-electron chi connectivity index (χ3n) is 2.61. The molecule has 0 fully saturated rings. The smallest absolute Gasteiger partial charge is 0.129 e. The molecule has 0 saturated heterocycles. The lowest BCUT2D eigenvalue weighted by molar-refractivity contribution is 0.688. The summed E-state index contributed by atoms with van der Waals surface area (Å²) in [5, 5.41) is 0. The molecule has 0 radical (unpaired) electrons. The summed E-state index contributed by atoms with van der Waals surface area (Å²) in [7, 11) is 0. The highest BCUT2D eigenvalue weighted by atomic mass is 35.6. The van der Waals surface area contributed by atoms with Gasteiger partial charge < -0.3 is 0 Å². The predicted molar refractivity (Wildman–Crippen MR) is 76.3 cm³/mol. The lowest BCUT2D eigenvalue weighted by Crippen LogP contribution is -2.09. The van der Waals surface area contributed by atoms with Crippen LogP contribution < -0.4 is 0 Å². The van der Waals surface area contributed by atoms with Crippen LogP contribution in [-0.2, 0) is 0 Å². The number of halogens is 3. The van der Waals surface area contributed by atoms with E-state index in [2.05, 4.69) is 38.3 Å². The number of hydrogen-bond donors (Lipinski definition) is 0. The maximum Gasteiger partial charge on any atom is 0.191 e. The Morgan fingerprint density at radius 2 is 1.94 bits per heavy atom. The zero-order valence-electron chi connectivity index (χ0n) is 9.56. The number of thioether (sulfide) groups is 1. The summed E-state index contributed by atoms with van der Waals surface area (Å²) in [5.74, 6) is 0.250. The Bertz CT molecular complexity index is 358. The Hall–Kier alpha value is 0.440. The molecular weight excluding hydrogens is 283 g/mol. The van der Waals surface area contributed by atoms with Crippen LogP contribution in [0.1, 0.15) is 30.4 Å². The van der Waals surface area contributed by atoms with E-state index in [0.29, 0.717) is 6.42 Å². The van der Waals surface area contributed by atoms with E-state index in [1.165, 1.54) is 16.0 Å². The van der Waals surface area contributed by atoms with Gasteiger partial charge in [-0.25, -0.2) is 0 Å². The number of alkyl halides is 3. The molecule has 0 aliphatic heterocycles. The third-order valence-corrected chi connectivity index (χ3v) is 3.96. The normalized spacial score (nSPS) is 13.9. The van der Waals surface area contributed by atoms with E-state index in [9.17, 15) is 0 Å². The molecule has 0 aliphatic rings. The van der Waals surface area contributed by atoms with Crippen molar-refractivity contribution in [1.82, 2.24) is 0 Å². The third kappa shape index (κ3) is 4.03. The van der Waals surface area contributed by atoms with Crippen molar-refractivity contribution in [3.8, 4) is 0 Å². The van der Waals surface area contributed by atoms with E-state index >= 15 is 0 Å². The fourth-order valence-corrected chi connectivity index (χ4v) is 3.18. The van der Waals surface area contributed by atoms with E-state index in [1.54, 1.807) is 11.8 Å². The van der Waals surface area contributed by atoms with Gasteiger partial charge in [0, 0.05) is 11.3 Å². The van der Waals surface area contributed by atoms with Crippen LogP contribution in [0.3, 0.4) is 0 Å².